The first-order valence-electron chi connectivity index (χ1n) is 7.23. The van der Waals surface area contributed by atoms with E-state index in [1.54, 1.807) is 0 Å². The minimum Gasteiger partial charge on any atom is -0.483 e. The van der Waals surface area contributed by atoms with Crippen LogP contribution in [0.1, 0.15) is 18.2 Å². The van der Waals surface area contributed by atoms with E-state index in [1.165, 1.54) is 0 Å². The van der Waals surface area contributed by atoms with Gasteiger partial charge in [0.25, 0.3) is 5.91 Å². The fraction of sp³-hybridized carbons (Fsp3) is 0.375. The van der Waals surface area contributed by atoms with Gasteiger partial charge in [-0.05, 0) is 38.1 Å². The summed E-state index contributed by atoms with van der Waals surface area (Å²) in [7, 11) is 0. The second-order valence-electron chi connectivity index (χ2n) is 5.59. The SMILES string of the molecule is Cc1ccn(C[C@H](C)N2Cc3cc(Br)ccc3OCC2=O)n1. The smallest absolute Gasteiger partial charge is 0.261 e. The molecule has 1 aliphatic heterocycles. The van der Waals surface area contributed by atoms with Crippen molar-refractivity contribution in [1.29, 1.82) is 0 Å². The zero-order valence-corrected chi connectivity index (χ0v) is 14.2. The van der Waals surface area contributed by atoms with Crippen LogP contribution in [0.25, 0.3) is 0 Å². The van der Waals surface area contributed by atoms with Gasteiger partial charge >= 0.3 is 0 Å². The summed E-state index contributed by atoms with van der Waals surface area (Å²) in [6.07, 6.45) is 1.94. The van der Waals surface area contributed by atoms with E-state index in [4.69, 9.17) is 4.74 Å². The van der Waals surface area contributed by atoms with Gasteiger partial charge in [0.2, 0.25) is 0 Å². The van der Waals surface area contributed by atoms with E-state index in [9.17, 15) is 4.79 Å². The van der Waals surface area contributed by atoms with Gasteiger partial charge in [-0.15, -0.1) is 0 Å². The highest BCUT2D eigenvalue weighted by Crippen LogP contribution is 2.27. The van der Waals surface area contributed by atoms with Gasteiger partial charge in [-0.25, -0.2) is 0 Å². The van der Waals surface area contributed by atoms with E-state index in [-0.39, 0.29) is 18.6 Å². The van der Waals surface area contributed by atoms with Gasteiger partial charge in [0, 0.05) is 28.8 Å². The molecule has 2 heterocycles. The number of benzene rings is 1. The van der Waals surface area contributed by atoms with Crippen LogP contribution in [0.4, 0.5) is 0 Å². The molecule has 1 atom stereocenters. The summed E-state index contributed by atoms with van der Waals surface area (Å²) in [6, 6.07) is 7.84. The molecule has 5 nitrogen and oxygen atoms in total. The van der Waals surface area contributed by atoms with Crippen LogP contribution < -0.4 is 4.74 Å². The molecule has 1 aromatic carbocycles. The molecule has 0 aliphatic carbocycles. The Morgan fingerprint density at radius 2 is 2.23 bits per heavy atom. The molecule has 0 N–H and O–H groups in total. The van der Waals surface area contributed by atoms with Crippen LogP contribution in [0.2, 0.25) is 0 Å². The Hall–Kier alpha value is -1.82. The van der Waals surface area contributed by atoms with E-state index in [0.29, 0.717) is 13.1 Å². The molecule has 0 fully saturated rings. The Kier molecular flexibility index (Phi) is 4.20. The highest BCUT2D eigenvalue weighted by atomic mass is 79.9. The summed E-state index contributed by atoms with van der Waals surface area (Å²) in [6.45, 7) is 5.30. The predicted molar refractivity (Wildman–Crippen MR) is 86.6 cm³/mol. The van der Waals surface area contributed by atoms with Crippen molar-refractivity contribution in [1.82, 2.24) is 14.7 Å². The first kappa shape index (κ1) is 15.1. The molecular formula is C16H18BrN3O2. The van der Waals surface area contributed by atoms with E-state index in [1.807, 2.05) is 53.9 Å². The Balaban J connectivity index is 1.80. The molecule has 0 radical (unpaired) electrons. The molecular weight excluding hydrogens is 346 g/mol. The lowest BCUT2D eigenvalue weighted by Gasteiger charge is -2.27. The summed E-state index contributed by atoms with van der Waals surface area (Å²) in [5.74, 6) is 0.782. The minimum atomic E-state index is 0.00343. The van der Waals surface area contributed by atoms with Gasteiger partial charge < -0.3 is 9.64 Å². The average molecular weight is 364 g/mol. The van der Waals surface area contributed by atoms with Crippen LogP contribution in [-0.4, -0.2) is 33.2 Å². The van der Waals surface area contributed by atoms with Crippen molar-refractivity contribution in [2.75, 3.05) is 6.61 Å². The number of carbonyl (C=O) groups is 1. The van der Waals surface area contributed by atoms with Gasteiger partial charge in [-0.2, -0.15) is 5.10 Å². The van der Waals surface area contributed by atoms with Gasteiger partial charge in [0.1, 0.15) is 5.75 Å². The third kappa shape index (κ3) is 3.16. The van der Waals surface area contributed by atoms with Crippen LogP contribution in [-0.2, 0) is 17.9 Å². The molecule has 0 bridgehead atoms. The third-order valence-corrected chi connectivity index (χ3v) is 4.29. The molecule has 0 spiro atoms. The van der Waals surface area contributed by atoms with Crippen molar-refractivity contribution in [2.24, 2.45) is 0 Å². The largest absolute Gasteiger partial charge is 0.483 e. The fourth-order valence-electron chi connectivity index (χ4n) is 2.64. The summed E-state index contributed by atoms with van der Waals surface area (Å²) in [5.41, 5.74) is 2.00. The average Bonchev–Trinajstić information content (AvgIpc) is 2.80. The van der Waals surface area contributed by atoms with E-state index >= 15 is 0 Å². The second-order valence-corrected chi connectivity index (χ2v) is 6.51. The normalized spacial score (nSPS) is 16.0. The van der Waals surface area contributed by atoms with Crippen LogP contribution in [0, 0.1) is 6.92 Å². The van der Waals surface area contributed by atoms with Gasteiger partial charge in [-0.1, -0.05) is 15.9 Å². The highest BCUT2D eigenvalue weighted by molar-refractivity contribution is 9.10. The number of nitrogens with zero attached hydrogens (tertiary/aromatic N) is 3. The molecule has 3 rings (SSSR count). The zero-order valence-electron chi connectivity index (χ0n) is 12.6. The molecule has 0 saturated carbocycles. The number of fused-ring (bicyclic) bond motifs is 1. The maximum Gasteiger partial charge on any atom is 0.261 e. The van der Waals surface area contributed by atoms with Crippen molar-refractivity contribution in [3.63, 3.8) is 0 Å². The van der Waals surface area contributed by atoms with Crippen molar-refractivity contribution in [3.8, 4) is 5.75 Å². The highest BCUT2D eigenvalue weighted by Gasteiger charge is 2.26. The third-order valence-electron chi connectivity index (χ3n) is 3.79. The van der Waals surface area contributed by atoms with Crippen molar-refractivity contribution in [2.45, 2.75) is 33.0 Å². The van der Waals surface area contributed by atoms with Crippen LogP contribution in [0.5, 0.6) is 5.75 Å². The first-order valence-corrected chi connectivity index (χ1v) is 8.03. The van der Waals surface area contributed by atoms with Crippen LogP contribution >= 0.6 is 15.9 Å². The molecule has 0 unspecified atom stereocenters. The van der Waals surface area contributed by atoms with Crippen molar-refractivity contribution in [3.05, 3.63) is 46.2 Å². The number of carbonyl (C=O) groups excluding carboxylic acids is 1. The van der Waals surface area contributed by atoms with Gasteiger partial charge in [0.05, 0.1) is 12.2 Å². The molecule has 2 aromatic rings. The number of halogens is 1. The van der Waals surface area contributed by atoms with E-state index in [2.05, 4.69) is 21.0 Å². The lowest BCUT2D eigenvalue weighted by atomic mass is 10.1. The number of rotatable bonds is 3. The standard InChI is InChI=1S/C16H18BrN3O2/c1-11-5-6-19(18-11)8-12(2)20-9-13-7-14(17)3-4-15(13)22-10-16(20)21/h3-7,12H,8-10H2,1-2H3/t12-/m0/s1. The molecule has 1 aromatic heterocycles. The number of aryl methyl sites for hydroxylation is 1. The van der Waals surface area contributed by atoms with Crippen LogP contribution in [0.3, 0.4) is 0 Å². The molecule has 1 amide bonds. The van der Waals surface area contributed by atoms with Crippen molar-refractivity contribution < 1.29 is 9.53 Å². The number of amides is 1. The summed E-state index contributed by atoms with van der Waals surface area (Å²) in [5, 5.41) is 4.39. The van der Waals surface area contributed by atoms with Crippen molar-refractivity contribution >= 4 is 21.8 Å². The minimum absolute atomic E-state index is 0.00343. The van der Waals surface area contributed by atoms with E-state index in [0.717, 1.165) is 21.5 Å². The summed E-state index contributed by atoms with van der Waals surface area (Å²) in [4.78, 5) is 14.2. The molecule has 1 aliphatic rings. The molecule has 6 heteroatoms. The summed E-state index contributed by atoms with van der Waals surface area (Å²) >= 11 is 3.47. The van der Waals surface area contributed by atoms with Crippen LogP contribution in [0.15, 0.2) is 34.9 Å². The Morgan fingerprint density at radius 3 is 2.95 bits per heavy atom. The quantitative estimate of drug-likeness (QED) is 0.842. The molecule has 0 saturated heterocycles. The second kappa shape index (κ2) is 6.12. The monoisotopic (exact) mass is 363 g/mol. The predicted octanol–water partition coefficient (Wildman–Crippen LogP) is 2.76. The van der Waals surface area contributed by atoms with Gasteiger partial charge in [0.15, 0.2) is 6.61 Å². The number of hydrogen-bond donors (Lipinski definition) is 0. The molecule has 22 heavy (non-hydrogen) atoms. The zero-order chi connectivity index (χ0) is 15.7. The lowest BCUT2D eigenvalue weighted by molar-refractivity contribution is -0.135. The topological polar surface area (TPSA) is 47.4 Å². The van der Waals surface area contributed by atoms with E-state index < -0.39 is 0 Å². The Bertz CT molecular complexity index is 698. The summed E-state index contributed by atoms with van der Waals surface area (Å²) < 4.78 is 8.48. The fourth-order valence-corrected chi connectivity index (χ4v) is 3.05. The van der Waals surface area contributed by atoms with Gasteiger partial charge in [-0.3, -0.25) is 9.48 Å². The first-order chi connectivity index (χ1) is 10.5. The Labute approximate surface area is 138 Å². The maximum absolute atomic E-state index is 12.4. The Morgan fingerprint density at radius 1 is 1.41 bits per heavy atom. The molecule has 116 valence electrons. The number of ether oxygens (including phenoxy) is 1. The lowest BCUT2D eigenvalue weighted by Crippen LogP contribution is -2.41. The number of aromatic nitrogens is 2. The number of hydrogen-bond acceptors (Lipinski definition) is 3. The maximum atomic E-state index is 12.4.